The van der Waals surface area contributed by atoms with Gasteiger partial charge in [0, 0.05) is 11.1 Å². The van der Waals surface area contributed by atoms with Crippen LogP contribution in [0.25, 0.3) is 10.8 Å². The lowest BCUT2D eigenvalue weighted by molar-refractivity contribution is 0.414. The molecule has 21 heavy (non-hydrogen) atoms. The molecule has 3 nitrogen and oxygen atoms in total. The zero-order valence-corrected chi connectivity index (χ0v) is 13.5. The number of methoxy groups -OCH3 is 1. The van der Waals surface area contributed by atoms with Gasteiger partial charge in [-0.3, -0.25) is 0 Å². The van der Waals surface area contributed by atoms with Gasteiger partial charge in [-0.15, -0.1) is 0 Å². The predicted molar refractivity (Wildman–Crippen MR) is 87.0 cm³/mol. The molecule has 2 aromatic carbocycles. The summed E-state index contributed by atoms with van der Waals surface area (Å²) in [4.78, 5) is 0. The third kappa shape index (κ3) is 3.85. The van der Waals surface area contributed by atoms with Crippen molar-refractivity contribution in [1.82, 2.24) is 0 Å². The SMILES string of the molecule is CC.CC.COc1c(C#N)c(F)cc2cc(N)cc(C)c12. The van der Waals surface area contributed by atoms with E-state index >= 15 is 0 Å². The molecule has 0 aliphatic heterocycles. The van der Waals surface area contributed by atoms with E-state index in [1.54, 1.807) is 12.1 Å². The summed E-state index contributed by atoms with van der Waals surface area (Å²) in [6.07, 6.45) is 0. The molecule has 0 bridgehead atoms. The van der Waals surface area contributed by atoms with Gasteiger partial charge >= 0.3 is 0 Å². The van der Waals surface area contributed by atoms with Gasteiger partial charge in [0.2, 0.25) is 0 Å². The molecule has 2 aromatic rings. The van der Waals surface area contributed by atoms with Crippen LogP contribution in [0.2, 0.25) is 0 Å². The monoisotopic (exact) mass is 290 g/mol. The van der Waals surface area contributed by atoms with E-state index in [9.17, 15) is 4.39 Å². The van der Waals surface area contributed by atoms with Crippen LogP contribution in [0, 0.1) is 24.1 Å². The predicted octanol–water partition coefficient (Wildman–Crippen LogP) is 4.80. The van der Waals surface area contributed by atoms with Crippen molar-refractivity contribution >= 4 is 16.5 Å². The highest BCUT2D eigenvalue weighted by molar-refractivity contribution is 5.95. The molecule has 0 saturated heterocycles. The number of anilines is 1. The van der Waals surface area contributed by atoms with E-state index in [2.05, 4.69) is 0 Å². The van der Waals surface area contributed by atoms with Crippen LogP contribution in [0.15, 0.2) is 18.2 Å². The molecular weight excluding hydrogens is 267 g/mol. The number of rotatable bonds is 1. The molecule has 0 radical (unpaired) electrons. The van der Waals surface area contributed by atoms with Gasteiger partial charge in [0.05, 0.1) is 7.11 Å². The highest BCUT2D eigenvalue weighted by Gasteiger charge is 2.15. The zero-order chi connectivity index (χ0) is 16.6. The first-order valence-corrected chi connectivity index (χ1v) is 7.05. The molecular formula is C17H23FN2O. The number of hydrogen-bond donors (Lipinski definition) is 1. The van der Waals surface area contributed by atoms with Gasteiger partial charge < -0.3 is 10.5 Å². The Bertz CT molecular complexity index is 646. The van der Waals surface area contributed by atoms with Crippen LogP contribution >= 0.6 is 0 Å². The number of hydrogen-bond acceptors (Lipinski definition) is 3. The van der Waals surface area contributed by atoms with Gasteiger partial charge in [0.15, 0.2) is 0 Å². The molecule has 0 aliphatic carbocycles. The van der Waals surface area contributed by atoms with Crippen LogP contribution in [-0.4, -0.2) is 7.11 Å². The molecule has 0 saturated carbocycles. The summed E-state index contributed by atoms with van der Waals surface area (Å²) in [6, 6.07) is 6.55. The Morgan fingerprint density at radius 1 is 1.14 bits per heavy atom. The van der Waals surface area contributed by atoms with Gasteiger partial charge in [-0.05, 0) is 36.1 Å². The van der Waals surface area contributed by atoms with Crippen molar-refractivity contribution in [2.45, 2.75) is 34.6 Å². The van der Waals surface area contributed by atoms with E-state index in [4.69, 9.17) is 15.7 Å². The minimum Gasteiger partial charge on any atom is -0.495 e. The normalized spacial score (nSPS) is 8.86. The number of ether oxygens (including phenoxy) is 1. The fourth-order valence-corrected chi connectivity index (χ4v) is 2.02. The van der Waals surface area contributed by atoms with E-state index in [-0.39, 0.29) is 11.3 Å². The first-order valence-electron chi connectivity index (χ1n) is 7.05. The molecule has 2 rings (SSSR count). The second-order valence-corrected chi connectivity index (χ2v) is 3.81. The first kappa shape index (κ1) is 18.7. The van der Waals surface area contributed by atoms with Crippen LogP contribution in [0.3, 0.4) is 0 Å². The topological polar surface area (TPSA) is 59.0 Å². The Morgan fingerprint density at radius 2 is 1.71 bits per heavy atom. The average Bonchev–Trinajstić information content (AvgIpc) is 2.49. The van der Waals surface area contributed by atoms with Crippen molar-refractivity contribution < 1.29 is 9.13 Å². The average molecular weight is 290 g/mol. The van der Waals surface area contributed by atoms with Crippen molar-refractivity contribution in [1.29, 1.82) is 5.26 Å². The largest absolute Gasteiger partial charge is 0.495 e. The summed E-state index contributed by atoms with van der Waals surface area (Å²) in [5.74, 6) is -0.332. The highest BCUT2D eigenvalue weighted by atomic mass is 19.1. The van der Waals surface area contributed by atoms with Crippen LogP contribution in [0.1, 0.15) is 38.8 Å². The fourth-order valence-electron chi connectivity index (χ4n) is 2.02. The van der Waals surface area contributed by atoms with Gasteiger partial charge in [-0.25, -0.2) is 4.39 Å². The third-order valence-corrected chi connectivity index (χ3v) is 2.68. The summed E-state index contributed by atoms with van der Waals surface area (Å²) in [5, 5.41) is 10.3. The zero-order valence-electron chi connectivity index (χ0n) is 13.5. The van der Waals surface area contributed by atoms with Crippen molar-refractivity contribution in [2.24, 2.45) is 0 Å². The second kappa shape index (κ2) is 8.80. The van der Waals surface area contributed by atoms with Crippen LogP contribution in [0.5, 0.6) is 5.75 Å². The van der Waals surface area contributed by atoms with Crippen molar-refractivity contribution in [2.75, 3.05) is 12.8 Å². The number of nitrogens with two attached hydrogens (primary N) is 1. The smallest absolute Gasteiger partial charge is 0.147 e. The van der Waals surface area contributed by atoms with E-state index in [1.165, 1.54) is 13.2 Å². The number of nitrogens with zero attached hydrogens (tertiary/aromatic N) is 1. The van der Waals surface area contributed by atoms with Gasteiger partial charge in [0.25, 0.3) is 0 Å². The molecule has 0 aliphatic rings. The lowest BCUT2D eigenvalue weighted by Crippen LogP contribution is -1.96. The molecule has 2 N–H and O–H groups in total. The number of halogens is 1. The molecule has 0 aromatic heterocycles. The van der Waals surface area contributed by atoms with E-state index in [1.807, 2.05) is 40.7 Å². The Kier molecular flexibility index (Phi) is 7.85. The van der Waals surface area contributed by atoms with Crippen molar-refractivity contribution in [3.05, 3.63) is 35.1 Å². The van der Waals surface area contributed by atoms with E-state index in [0.717, 1.165) is 10.9 Å². The second-order valence-electron chi connectivity index (χ2n) is 3.81. The Hall–Kier alpha value is -2.28. The minimum absolute atomic E-state index is 0.0760. The minimum atomic E-state index is -0.596. The maximum absolute atomic E-state index is 13.7. The fraction of sp³-hybridized carbons (Fsp3) is 0.353. The van der Waals surface area contributed by atoms with Gasteiger partial charge in [0.1, 0.15) is 23.2 Å². The number of benzene rings is 2. The third-order valence-electron chi connectivity index (χ3n) is 2.68. The lowest BCUT2D eigenvalue weighted by Gasteiger charge is -2.11. The van der Waals surface area contributed by atoms with Crippen molar-refractivity contribution in [3.63, 3.8) is 0 Å². The van der Waals surface area contributed by atoms with E-state index in [0.29, 0.717) is 11.1 Å². The summed E-state index contributed by atoms with van der Waals surface area (Å²) in [7, 11) is 1.42. The van der Waals surface area contributed by atoms with Crippen LogP contribution < -0.4 is 10.5 Å². The molecule has 0 amide bonds. The van der Waals surface area contributed by atoms with E-state index < -0.39 is 5.82 Å². The molecule has 114 valence electrons. The summed E-state index contributed by atoms with van der Waals surface area (Å²) in [5.41, 5.74) is 7.04. The number of aryl methyl sites for hydroxylation is 1. The lowest BCUT2D eigenvalue weighted by atomic mass is 10.00. The molecule has 0 atom stereocenters. The molecule has 4 heteroatoms. The van der Waals surface area contributed by atoms with Crippen LogP contribution in [-0.2, 0) is 0 Å². The number of fused-ring (bicyclic) bond motifs is 1. The first-order chi connectivity index (χ1) is 10.1. The highest BCUT2D eigenvalue weighted by Crippen LogP contribution is 2.35. The molecule has 0 fully saturated rings. The number of nitriles is 1. The Morgan fingerprint density at radius 3 is 2.19 bits per heavy atom. The molecule has 0 heterocycles. The van der Waals surface area contributed by atoms with Gasteiger partial charge in [-0.2, -0.15) is 5.26 Å². The Balaban J connectivity index is 0.000000921. The number of nitrogen functional groups attached to an aromatic ring is 1. The molecule has 0 spiro atoms. The maximum Gasteiger partial charge on any atom is 0.147 e. The van der Waals surface area contributed by atoms with Gasteiger partial charge in [-0.1, -0.05) is 27.7 Å². The molecule has 0 unspecified atom stereocenters. The quantitative estimate of drug-likeness (QED) is 0.767. The maximum atomic E-state index is 13.7. The standard InChI is InChI=1S/C13H11FN2O.2C2H6/c1-7-3-9(16)4-8-5-11(14)10(6-15)13(17-2)12(7)8;2*1-2/h3-5H,16H2,1-2H3;2*1-2H3. The summed E-state index contributed by atoms with van der Waals surface area (Å²) < 4.78 is 18.8. The summed E-state index contributed by atoms with van der Waals surface area (Å²) >= 11 is 0. The summed E-state index contributed by atoms with van der Waals surface area (Å²) in [6.45, 7) is 9.85. The van der Waals surface area contributed by atoms with Crippen LogP contribution in [0.4, 0.5) is 10.1 Å². The Labute approximate surface area is 126 Å². The van der Waals surface area contributed by atoms with Crippen molar-refractivity contribution in [3.8, 4) is 11.8 Å².